The number of carbonyl (C=O) groups excluding carboxylic acids is 1. The van der Waals surface area contributed by atoms with Crippen molar-refractivity contribution in [2.75, 3.05) is 12.4 Å². The van der Waals surface area contributed by atoms with Gasteiger partial charge in [0.2, 0.25) is 0 Å². The number of rotatable bonds is 3. The number of ether oxygens (including phenoxy) is 1. The van der Waals surface area contributed by atoms with E-state index in [-0.39, 0.29) is 11.7 Å². The zero-order valence-electron chi connectivity index (χ0n) is 11.2. The molecule has 0 saturated heterocycles. The van der Waals surface area contributed by atoms with Gasteiger partial charge in [0.25, 0.3) is 5.91 Å². The molecule has 3 nitrogen and oxygen atoms in total. The Morgan fingerprint density at radius 3 is 2.86 bits per heavy atom. The number of anilines is 1. The van der Waals surface area contributed by atoms with Gasteiger partial charge in [0.1, 0.15) is 11.6 Å². The summed E-state index contributed by atoms with van der Waals surface area (Å²) >= 11 is 1.33. The number of hydrogen-bond acceptors (Lipinski definition) is 3. The number of methoxy groups -OCH3 is 1. The first-order valence-corrected chi connectivity index (χ1v) is 7.12. The van der Waals surface area contributed by atoms with Crippen molar-refractivity contribution < 1.29 is 13.9 Å². The topological polar surface area (TPSA) is 38.3 Å². The third-order valence-electron chi connectivity index (χ3n) is 3.03. The van der Waals surface area contributed by atoms with Gasteiger partial charge >= 0.3 is 0 Å². The van der Waals surface area contributed by atoms with Crippen molar-refractivity contribution in [3.8, 4) is 5.75 Å². The van der Waals surface area contributed by atoms with E-state index >= 15 is 0 Å². The van der Waals surface area contributed by atoms with Gasteiger partial charge < -0.3 is 10.1 Å². The van der Waals surface area contributed by atoms with Gasteiger partial charge in [-0.05, 0) is 41.8 Å². The number of fused-ring (bicyclic) bond motifs is 1. The Kier molecular flexibility index (Phi) is 3.58. The van der Waals surface area contributed by atoms with E-state index in [0.29, 0.717) is 16.3 Å². The highest BCUT2D eigenvalue weighted by Gasteiger charge is 2.11. The van der Waals surface area contributed by atoms with Crippen LogP contribution in [0.15, 0.2) is 48.5 Å². The van der Waals surface area contributed by atoms with Gasteiger partial charge in [-0.15, -0.1) is 11.3 Å². The molecule has 1 N–H and O–H groups in total. The molecule has 3 aromatic rings. The van der Waals surface area contributed by atoms with Crippen LogP contribution in [-0.4, -0.2) is 13.0 Å². The molecule has 21 heavy (non-hydrogen) atoms. The lowest BCUT2D eigenvalue weighted by Gasteiger charge is -2.05. The molecule has 0 spiro atoms. The molecule has 1 heterocycles. The van der Waals surface area contributed by atoms with Crippen LogP contribution in [0.1, 0.15) is 9.67 Å². The highest BCUT2D eigenvalue weighted by Crippen LogP contribution is 2.27. The van der Waals surface area contributed by atoms with E-state index in [1.807, 2.05) is 0 Å². The molecular weight excluding hydrogens is 289 g/mol. The number of nitrogens with one attached hydrogen (secondary N) is 1. The van der Waals surface area contributed by atoms with Crippen LogP contribution in [0.2, 0.25) is 0 Å². The lowest BCUT2D eigenvalue weighted by atomic mass is 10.2. The fraction of sp³-hybridized carbons (Fsp3) is 0.0625. The van der Waals surface area contributed by atoms with E-state index < -0.39 is 0 Å². The second-order valence-electron chi connectivity index (χ2n) is 4.48. The Balaban J connectivity index is 1.86. The lowest BCUT2D eigenvalue weighted by Crippen LogP contribution is -2.09. The molecule has 0 aliphatic carbocycles. The smallest absolute Gasteiger partial charge is 0.265 e. The first-order valence-electron chi connectivity index (χ1n) is 6.30. The Morgan fingerprint density at radius 1 is 1.19 bits per heavy atom. The summed E-state index contributed by atoms with van der Waals surface area (Å²) in [6.45, 7) is 0. The minimum absolute atomic E-state index is 0.218. The van der Waals surface area contributed by atoms with E-state index in [1.165, 1.54) is 23.5 Å². The SMILES string of the molecule is COc1cccc(NC(=O)c2cc3cc(F)ccc3s2)c1. The second-order valence-corrected chi connectivity index (χ2v) is 5.56. The Morgan fingerprint density at radius 2 is 2.05 bits per heavy atom. The van der Waals surface area contributed by atoms with Gasteiger partial charge in [-0.2, -0.15) is 0 Å². The van der Waals surface area contributed by atoms with Gasteiger partial charge in [-0.25, -0.2) is 4.39 Å². The van der Waals surface area contributed by atoms with Gasteiger partial charge in [0, 0.05) is 16.5 Å². The number of hydrogen-bond donors (Lipinski definition) is 1. The molecule has 106 valence electrons. The molecule has 0 fully saturated rings. The van der Waals surface area contributed by atoms with Crippen LogP contribution in [0.5, 0.6) is 5.75 Å². The molecule has 0 aliphatic heterocycles. The van der Waals surface area contributed by atoms with Crippen molar-refractivity contribution in [2.24, 2.45) is 0 Å². The van der Waals surface area contributed by atoms with Crippen LogP contribution in [0.4, 0.5) is 10.1 Å². The summed E-state index contributed by atoms with van der Waals surface area (Å²) in [6.07, 6.45) is 0. The summed E-state index contributed by atoms with van der Waals surface area (Å²) in [5.41, 5.74) is 0.656. The third kappa shape index (κ3) is 2.87. The maximum Gasteiger partial charge on any atom is 0.265 e. The van der Waals surface area contributed by atoms with Crippen molar-refractivity contribution in [3.63, 3.8) is 0 Å². The average molecular weight is 301 g/mol. The number of halogens is 1. The van der Waals surface area contributed by atoms with Crippen molar-refractivity contribution in [1.82, 2.24) is 0 Å². The van der Waals surface area contributed by atoms with E-state index in [2.05, 4.69) is 5.32 Å². The minimum atomic E-state index is -0.306. The third-order valence-corrected chi connectivity index (χ3v) is 4.14. The van der Waals surface area contributed by atoms with Crippen LogP contribution in [0, 0.1) is 5.82 Å². The molecule has 5 heteroatoms. The summed E-state index contributed by atoms with van der Waals surface area (Å²) in [6, 6.07) is 13.3. The molecule has 0 unspecified atom stereocenters. The van der Waals surface area contributed by atoms with E-state index in [0.717, 1.165) is 10.1 Å². The van der Waals surface area contributed by atoms with Crippen molar-refractivity contribution in [2.45, 2.75) is 0 Å². The number of thiophene rings is 1. The highest BCUT2D eigenvalue weighted by molar-refractivity contribution is 7.20. The van der Waals surface area contributed by atoms with Crippen LogP contribution >= 0.6 is 11.3 Å². The summed E-state index contributed by atoms with van der Waals surface area (Å²) in [4.78, 5) is 12.8. The zero-order valence-corrected chi connectivity index (χ0v) is 12.0. The normalized spacial score (nSPS) is 10.6. The van der Waals surface area contributed by atoms with Gasteiger partial charge in [-0.1, -0.05) is 6.07 Å². The largest absolute Gasteiger partial charge is 0.497 e. The van der Waals surface area contributed by atoms with Gasteiger partial charge in [0.05, 0.1) is 12.0 Å². The molecular formula is C16H12FNO2S. The van der Waals surface area contributed by atoms with Crippen molar-refractivity contribution in [3.05, 3.63) is 59.2 Å². The van der Waals surface area contributed by atoms with Crippen LogP contribution < -0.4 is 10.1 Å². The quantitative estimate of drug-likeness (QED) is 0.783. The predicted molar refractivity (Wildman–Crippen MR) is 82.7 cm³/mol. The van der Waals surface area contributed by atoms with Crippen LogP contribution in [0.25, 0.3) is 10.1 Å². The van der Waals surface area contributed by atoms with Crippen LogP contribution in [0.3, 0.4) is 0 Å². The van der Waals surface area contributed by atoms with E-state index in [9.17, 15) is 9.18 Å². The molecule has 0 atom stereocenters. The average Bonchev–Trinajstić information content (AvgIpc) is 2.90. The van der Waals surface area contributed by atoms with Gasteiger partial charge in [0.15, 0.2) is 0 Å². The van der Waals surface area contributed by atoms with Gasteiger partial charge in [-0.3, -0.25) is 4.79 Å². The summed E-state index contributed by atoms with van der Waals surface area (Å²) in [7, 11) is 1.57. The van der Waals surface area contributed by atoms with Crippen molar-refractivity contribution >= 4 is 33.0 Å². The standard InChI is InChI=1S/C16H12FNO2S/c1-20-13-4-2-3-12(9-13)18-16(19)15-8-10-7-11(17)5-6-14(10)21-15/h2-9H,1H3,(H,18,19). The Hall–Kier alpha value is -2.40. The fourth-order valence-corrected chi connectivity index (χ4v) is 2.96. The lowest BCUT2D eigenvalue weighted by molar-refractivity contribution is 0.103. The molecule has 1 aromatic heterocycles. The Labute approximate surface area is 125 Å². The van der Waals surface area contributed by atoms with E-state index in [1.54, 1.807) is 43.5 Å². The monoisotopic (exact) mass is 301 g/mol. The fourth-order valence-electron chi connectivity index (χ4n) is 2.02. The molecule has 0 bridgehead atoms. The number of amides is 1. The number of benzene rings is 2. The number of carbonyl (C=O) groups is 1. The summed E-state index contributed by atoms with van der Waals surface area (Å²) in [5.74, 6) is 0.149. The maximum absolute atomic E-state index is 13.2. The molecule has 2 aromatic carbocycles. The van der Waals surface area contributed by atoms with E-state index in [4.69, 9.17) is 4.74 Å². The molecule has 0 saturated carbocycles. The first-order chi connectivity index (χ1) is 10.2. The molecule has 3 rings (SSSR count). The summed E-state index contributed by atoms with van der Waals surface area (Å²) in [5, 5.41) is 3.54. The Bertz CT molecular complexity index is 813. The highest BCUT2D eigenvalue weighted by atomic mass is 32.1. The molecule has 0 aliphatic rings. The van der Waals surface area contributed by atoms with Crippen LogP contribution in [-0.2, 0) is 0 Å². The predicted octanol–water partition coefficient (Wildman–Crippen LogP) is 4.30. The van der Waals surface area contributed by atoms with Crippen molar-refractivity contribution in [1.29, 1.82) is 0 Å². The molecule has 1 amide bonds. The first kappa shape index (κ1) is 13.6. The minimum Gasteiger partial charge on any atom is -0.497 e. The summed E-state index contributed by atoms with van der Waals surface area (Å²) < 4.78 is 19.2. The zero-order chi connectivity index (χ0) is 14.8. The molecule has 0 radical (unpaired) electrons. The second kappa shape index (κ2) is 5.54. The maximum atomic E-state index is 13.2.